The normalized spacial score (nSPS) is 38.3. The molecule has 1 heterocycles. The van der Waals surface area contributed by atoms with Crippen LogP contribution in [0.2, 0.25) is 0 Å². The molecule has 1 saturated heterocycles. The second kappa shape index (κ2) is 2.34. The van der Waals surface area contributed by atoms with E-state index in [0.717, 1.165) is 12.8 Å². The molecule has 2 aliphatic rings. The van der Waals surface area contributed by atoms with Gasteiger partial charge < -0.3 is 0 Å². The summed E-state index contributed by atoms with van der Waals surface area (Å²) in [5.41, 5.74) is 0. The molecule has 0 unspecified atom stereocenters. The zero-order valence-electron chi connectivity index (χ0n) is 6.03. The maximum atomic E-state index is 10.9. The molecule has 0 spiro atoms. The highest BCUT2D eigenvalue weighted by molar-refractivity contribution is 8.11. The maximum Gasteiger partial charge on any atom is 0.300 e. The average Bonchev–Trinajstić information content (AvgIpc) is 2.42. The van der Waals surface area contributed by atoms with Crippen molar-refractivity contribution in [2.45, 2.75) is 25.3 Å². The Morgan fingerprint density at radius 3 is 2.36 bits per heavy atom. The topological polar surface area (TPSA) is 37.4 Å². The lowest BCUT2D eigenvalue weighted by Gasteiger charge is -2.22. The summed E-state index contributed by atoms with van der Waals surface area (Å²) in [6.07, 6.45) is 3.19. The van der Waals surface area contributed by atoms with Crippen LogP contribution in [0.5, 0.6) is 0 Å². The number of hydrogen-bond acceptors (Lipinski definition) is 2. The standard InChI is InChI=1S/C6H10ClNO2S/c7-11(9,10)8-4-5-1-2-6(8)3-5/h5-6H,1-4H2/t5-,6-/m0/s1. The molecule has 0 aromatic heterocycles. The Hall–Kier alpha value is 0.200. The molecule has 1 aliphatic carbocycles. The van der Waals surface area contributed by atoms with Crippen LogP contribution in [0.15, 0.2) is 0 Å². The minimum Gasteiger partial charge on any atom is -0.195 e. The number of nitrogens with zero attached hydrogens (tertiary/aromatic N) is 1. The van der Waals surface area contributed by atoms with Gasteiger partial charge in [-0.2, -0.15) is 12.7 Å². The van der Waals surface area contributed by atoms with Crippen LogP contribution in [0.1, 0.15) is 19.3 Å². The van der Waals surface area contributed by atoms with Crippen molar-refractivity contribution < 1.29 is 8.42 Å². The van der Waals surface area contributed by atoms with E-state index in [0.29, 0.717) is 12.5 Å². The number of halogens is 1. The first-order chi connectivity index (χ1) is 5.07. The van der Waals surface area contributed by atoms with Gasteiger partial charge in [0.25, 0.3) is 9.24 Å². The summed E-state index contributed by atoms with van der Waals surface area (Å²) in [5.74, 6) is 0.577. The van der Waals surface area contributed by atoms with E-state index in [1.165, 1.54) is 10.7 Å². The van der Waals surface area contributed by atoms with Crippen LogP contribution in [-0.2, 0) is 9.24 Å². The quantitative estimate of drug-likeness (QED) is 0.585. The van der Waals surface area contributed by atoms with Crippen molar-refractivity contribution >= 4 is 19.9 Å². The molecule has 0 radical (unpaired) electrons. The van der Waals surface area contributed by atoms with Crippen LogP contribution in [0, 0.1) is 5.92 Å². The van der Waals surface area contributed by atoms with E-state index in [1.807, 2.05) is 0 Å². The zero-order chi connectivity index (χ0) is 8.06. The van der Waals surface area contributed by atoms with Crippen molar-refractivity contribution in [3.63, 3.8) is 0 Å². The fraction of sp³-hybridized carbons (Fsp3) is 1.00. The second-order valence-electron chi connectivity index (χ2n) is 3.34. The largest absolute Gasteiger partial charge is 0.300 e. The van der Waals surface area contributed by atoms with Crippen molar-refractivity contribution in [1.82, 2.24) is 4.31 Å². The lowest BCUT2D eigenvalue weighted by Crippen LogP contribution is -2.34. The van der Waals surface area contributed by atoms with Gasteiger partial charge in [-0.3, -0.25) is 0 Å². The molecule has 1 aliphatic heterocycles. The van der Waals surface area contributed by atoms with Crippen molar-refractivity contribution in [3.05, 3.63) is 0 Å². The molecule has 1 saturated carbocycles. The highest BCUT2D eigenvalue weighted by atomic mass is 35.7. The van der Waals surface area contributed by atoms with Crippen molar-refractivity contribution in [1.29, 1.82) is 0 Å². The van der Waals surface area contributed by atoms with E-state index in [1.54, 1.807) is 0 Å². The van der Waals surface area contributed by atoms with Gasteiger partial charge in [0.15, 0.2) is 0 Å². The molecule has 11 heavy (non-hydrogen) atoms. The Kier molecular flexibility index (Phi) is 1.67. The number of rotatable bonds is 1. The van der Waals surface area contributed by atoms with Gasteiger partial charge >= 0.3 is 0 Å². The van der Waals surface area contributed by atoms with Crippen LogP contribution in [0.4, 0.5) is 0 Å². The summed E-state index contributed by atoms with van der Waals surface area (Å²) in [6.45, 7) is 0.649. The van der Waals surface area contributed by atoms with Crippen LogP contribution in [0.25, 0.3) is 0 Å². The van der Waals surface area contributed by atoms with Gasteiger partial charge in [-0.1, -0.05) is 0 Å². The third-order valence-corrected chi connectivity index (χ3v) is 4.18. The fourth-order valence-electron chi connectivity index (χ4n) is 2.15. The van der Waals surface area contributed by atoms with E-state index in [9.17, 15) is 8.42 Å². The second-order valence-corrected chi connectivity index (χ2v) is 5.81. The minimum absolute atomic E-state index is 0.211. The minimum atomic E-state index is -3.43. The van der Waals surface area contributed by atoms with Gasteiger partial charge in [-0.25, -0.2) is 0 Å². The summed E-state index contributed by atoms with van der Waals surface area (Å²) >= 11 is 0. The summed E-state index contributed by atoms with van der Waals surface area (Å²) in [5, 5.41) is 0. The van der Waals surface area contributed by atoms with E-state index < -0.39 is 9.24 Å². The number of piperidine rings is 1. The lowest BCUT2D eigenvalue weighted by molar-refractivity contribution is 0.340. The molecule has 0 aromatic carbocycles. The Bertz CT molecular complexity index is 264. The SMILES string of the molecule is O=S(=O)(Cl)N1C[C@H]2CC[C@H]1C2. The molecule has 0 amide bonds. The molecule has 5 heteroatoms. The van der Waals surface area contributed by atoms with Crippen molar-refractivity contribution in [2.24, 2.45) is 5.92 Å². The molecular weight excluding hydrogens is 186 g/mol. The predicted molar refractivity (Wildman–Crippen MR) is 42.6 cm³/mol. The summed E-state index contributed by atoms with van der Waals surface area (Å²) in [6, 6.07) is 0.211. The lowest BCUT2D eigenvalue weighted by atomic mass is 10.1. The molecule has 3 nitrogen and oxygen atoms in total. The highest BCUT2D eigenvalue weighted by Crippen LogP contribution is 2.39. The molecule has 2 bridgehead atoms. The monoisotopic (exact) mass is 195 g/mol. The van der Waals surface area contributed by atoms with E-state index in [2.05, 4.69) is 0 Å². The first-order valence-corrected chi connectivity index (χ1v) is 6.05. The molecule has 64 valence electrons. The first kappa shape index (κ1) is 7.83. The van der Waals surface area contributed by atoms with Gasteiger partial charge in [-0.15, -0.1) is 0 Å². The summed E-state index contributed by atoms with van der Waals surface area (Å²) in [7, 11) is 1.80. The van der Waals surface area contributed by atoms with Gasteiger partial charge in [0.2, 0.25) is 0 Å². The van der Waals surface area contributed by atoms with Crippen LogP contribution in [0.3, 0.4) is 0 Å². The van der Waals surface area contributed by atoms with Crippen LogP contribution >= 0.6 is 10.7 Å². The van der Waals surface area contributed by atoms with Crippen molar-refractivity contribution in [3.8, 4) is 0 Å². The van der Waals surface area contributed by atoms with E-state index in [-0.39, 0.29) is 6.04 Å². The van der Waals surface area contributed by atoms with Crippen LogP contribution in [-0.4, -0.2) is 25.3 Å². The molecule has 2 rings (SSSR count). The van der Waals surface area contributed by atoms with Crippen LogP contribution < -0.4 is 0 Å². The molecule has 2 atom stereocenters. The van der Waals surface area contributed by atoms with E-state index >= 15 is 0 Å². The zero-order valence-corrected chi connectivity index (χ0v) is 7.61. The summed E-state index contributed by atoms with van der Waals surface area (Å²) in [4.78, 5) is 0. The molecular formula is C6H10ClNO2S. The molecule has 0 aromatic rings. The molecule has 0 N–H and O–H groups in total. The smallest absolute Gasteiger partial charge is 0.195 e. The van der Waals surface area contributed by atoms with E-state index in [4.69, 9.17) is 10.7 Å². The third-order valence-electron chi connectivity index (χ3n) is 2.64. The first-order valence-electron chi connectivity index (χ1n) is 3.79. The van der Waals surface area contributed by atoms with Gasteiger partial charge in [0.1, 0.15) is 0 Å². The Morgan fingerprint density at radius 2 is 2.09 bits per heavy atom. The van der Waals surface area contributed by atoms with Gasteiger partial charge in [0, 0.05) is 23.3 Å². The van der Waals surface area contributed by atoms with Gasteiger partial charge in [-0.05, 0) is 25.2 Å². The number of fused-ring (bicyclic) bond motifs is 2. The maximum absolute atomic E-state index is 10.9. The highest BCUT2D eigenvalue weighted by Gasteiger charge is 2.42. The van der Waals surface area contributed by atoms with Crippen molar-refractivity contribution in [2.75, 3.05) is 6.54 Å². The fourth-order valence-corrected chi connectivity index (χ4v) is 3.59. The Balaban J connectivity index is 2.21. The average molecular weight is 196 g/mol. The van der Waals surface area contributed by atoms with Gasteiger partial charge in [0.05, 0.1) is 0 Å². The number of hydrogen-bond donors (Lipinski definition) is 0. The Labute approximate surface area is 70.9 Å². The molecule has 2 fully saturated rings. The predicted octanol–water partition coefficient (Wildman–Crippen LogP) is 0.954. The Morgan fingerprint density at radius 1 is 1.36 bits per heavy atom. The third kappa shape index (κ3) is 1.27. The summed E-state index contributed by atoms with van der Waals surface area (Å²) < 4.78 is 23.3.